The molecule has 2 N–H and O–H groups in total. The molecule has 1 heterocycles. The van der Waals surface area contributed by atoms with Crippen LogP contribution in [0.25, 0.3) is 11.1 Å². The summed E-state index contributed by atoms with van der Waals surface area (Å²) in [4.78, 5) is 8.24. The van der Waals surface area contributed by atoms with E-state index in [1.807, 2.05) is 24.3 Å². The lowest BCUT2D eigenvalue weighted by Crippen LogP contribution is -2.29. The van der Waals surface area contributed by atoms with Crippen LogP contribution in [0.5, 0.6) is 0 Å². The predicted molar refractivity (Wildman–Crippen MR) is 132 cm³/mol. The first-order valence-electron chi connectivity index (χ1n) is 11.7. The zero-order valence-corrected chi connectivity index (χ0v) is 19.9. The van der Waals surface area contributed by atoms with Crippen molar-refractivity contribution in [2.45, 2.75) is 62.9 Å². The van der Waals surface area contributed by atoms with E-state index in [0.717, 1.165) is 22.6 Å². The van der Waals surface area contributed by atoms with E-state index in [1.54, 1.807) is 36.7 Å². The van der Waals surface area contributed by atoms with Crippen LogP contribution in [0.3, 0.4) is 0 Å². The maximum absolute atomic E-state index is 13.0. The van der Waals surface area contributed by atoms with Gasteiger partial charge in [0.2, 0.25) is 0 Å². The first-order valence-corrected chi connectivity index (χ1v) is 13.2. The first-order chi connectivity index (χ1) is 16.0. The lowest BCUT2D eigenvalue weighted by molar-refractivity contribution is 0.305. The van der Waals surface area contributed by atoms with Gasteiger partial charge in [-0.15, -0.1) is 0 Å². The molecular formula is C26H32N4O2S. The molecule has 1 saturated carbocycles. The molecule has 0 saturated heterocycles. The van der Waals surface area contributed by atoms with Gasteiger partial charge >= 0.3 is 0 Å². The number of sulfonamides is 1. The van der Waals surface area contributed by atoms with Gasteiger partial charge in [0.25, 0.3) is 10.0 Å². The molecule has 1 aliphatic carbocycles. The molecule has 4 rings (SSSR count). The van der Waals surface area contributed by atoms with E-state index in [0.29, 0.717) is 18.3 Å². The second-order valence-electron chi connectivity index (χ2n) is 8.94. The van der Waals surface area contributed by atoms with Crippen molar-refractivity contribution in [3.05, 3.63) is 72.8 Å². The third kappa shape index (κ3) is 6.39. The van der Waals surface area contributed by atoms with Gasteiger partial charge in [0, 0.05) is 30.5 Å². The standard InChI is InChI=1S/C26H32N4O2S/c1-20(15-21-7-3-2-4-8-21)29-18-23-9-5-6-10-26(23)30-33(31,32)25-13-11-22(12-14-25)24-16-27-19-28-17-24/h5-6,9-14,16-17,19-21,29-30H,2-4,7-8,15,18H2,1H3/t20-/m0/s1. The van der Waals surface area contributed by atoms with Crippen LogP contribution in [0.1, 0.15) is 51.0 Å². The zero-order valence-electron chi connectivity index (χ0n) is 19.1. The molecule has 3 aromatic rings. The van der Waals surface area contributed by atoms with Crippen molar-refractivity contribution in [2.75, 3.05) is 4.72 Å². The summed E-state index contributed by atoms with van der Waals surface area (Å²) in [6.07, 6.45) is 12.8. The van der Waals surface area contributed by atoms with Crippen molar-refractivity contribution in [1.82, 2.24) is 15.3 Å². The minimum Gasteiger partial charge on any atom is -0.310 e. The molecule has 33 heavy (non-hydrogen) atoms. The van der Waals surface area contributed by atoms with Crippen LogP contribution in [-0.2, 0) is 16.6 Å². The van der Waals surface area contributed by atoms with Crippen LogP contribution in [0.2, 0.25) is 0 Å². The van der Waals surface area contributed by atoms with Gasteiger partial charge in [-0.3, -0.25) is 4.72 Å². The Morgan fingerprint density at radius 2 is 1.64 bits per heavy atom. The van der Waals surface area contributed by atoms with Gasteiger partial charge in [0.15, 0.2) is 0 Å². The van der Waals surface area contributed by atoms with Gasteiger partial charge < -0.3 is 5.32 Å². The van der Waals surface area contributed by atoms with Crippen LogP contribution < -0.4 is 10.0 Å². The Balaban J connectivity index is 1.41. The van der Waals surface area contributed by atoms with Crippen molar-refractivity contribution in [2.24, 2.45) is 5.92 Å². The predicted octanol–water partition coefficient (Wildman–Crippen LogP) is 5.39. The summed E-state index contributed by atoms with van der Waals surface area (Å²) >= 11 is 0. The van der Waals surface area contributed by atoms with Crippen molar-refractivity contribution in [1.29, 1.82) is 0 Å². The number of nitrogens with zero attached hydrogens (tertiary/aromatic N) is 2. The van der Waals surface area contributed by atoms with Gasteiger partial charge in [0.05, 0.1) is 10.6 Å². The first kappa shape index (κ1) is 23.4. The summed E-state index contributed by atoms with van der Waals surface area (Å²) in [5.74, 6) is 0.806. The average molecular weight is 465 g/mol. The van der Waals surface area contributed by atoms with E-state index in [-0.39, 0.29) is 4.90 Å². The molecule has 0 radical (unpaired) electrons. The Kier molecular flexibility index (Phi) is 7.73. The van der Waals surface area contributed by atoms with Crippen molar-refractivity contribution in [3.63, 3.8) is 0 Å². The summed E-state index contributed by atoms with van der Waals surface area (Å²) in [6.45, 7) is 2.85. The number of benzene rings is 2. The fourth-order valence-corrected chi connectivity index (χ4v) is 5.64. The Morgan fingerprint density at radius 3 is 2.36 bits per heavy atom. The minimum atomic E-state index is -3.71. The highest BCUT2D eigenvalue weighted by molar-refractivity contribution is 7.92. The number of aromatic nitrogens is 2. The lowest BCUT2D eigenvalue weighted by Gasteiger charge is -2.25. The monoisotopic (exact) mass is 464 g/mol. The second-order valence-corrected chi connectivity index (χ2v) is 10.6. The summed E-state index contributed by atoms with van der Waals surface area (Å²) < 4.78 is 28.9. The molecule has 0 aliphatic heterocycles. The van der Waals surface area contributed by atoms with E-state index in [1.165, 1.54) is 44.9 Å². The van der Waals surface area contributed by atoms with Crippen LogP contribution in [-0.4, -0.2) is 24.4 Å². The van der Waals surface area contributed by atoms with Gasteiger partial charge in [-0.2, -0.15) is 0 Å². The third-order valence-electron chi connectivity index (χ3n) is 6.37. The van der Waals surface area contributed by atoms with Gasteiger partial charge in [-0.1, -0.05) is 62.4 Å². The summed E-state index contributed by atoms with van der Waals surface area (Å²) in [5.41, 5.74) is 3.25. The van der Waals surface area contributed by atoms with Gasteiger partial charge in [0.1, 0.15) is 6.33 Å². The molecular weight excluding hydrogens is 432 g/mol. The lowest BCUT2D eigenvalue weighted by atomic mass is 9.85. The van der Waals surface area contributed by atoms with E-state index >= 15 is 0 Å². The SMILES string of the molecule is C[C@@H](CC1CCCCC1)NCc1ccccc1NS(=O)(=O)c1ccc(-c2cncnc2)cc1. The maximum atomic E-state index is 13.0. The molecule has 7 heteroatoms. The Bertz CT molecular complexity index is 1130. The highest BCUT2D eigenvalue weighted by atomic mass is 32.2. The van der Waals surface area contributed by atoms with Crippen LogP contribution >= 0.6 is 0 Å². The third-order valence-corrected chi connectivity index (χ3v) is 7.75. The van der Waals surface area contributed by atoms with Crippen LogP contribution in [0, 0.1) is 5.92 Å². The molecule has 2 aromatic carbocycles. The number of hydrogen-bond donors (Lipinski definition) is 2. The van der Waals surface area contributed by atoms with Crippen LogP contribution in [0.4, 0.5) is 5.69 Å². The number of rotatable bonds is 9. The van der Waals surface area contributed by atoms with E-state index in [4.69, 9.17) is 0 Å². The fraction of sp³-hybridized carbons (Fsp3) is 0.385. The number of hydrogen-bond acceptors (Lipinski definition) is 5. The fourth-order valence-electron chi connectivity index (χ4n) is 4.54. The molecule has 0 spiro atoms. The van der Waals surface area contributed by atoms with Crippen LogP contribution in [0.15, 0.2) is 72.1 Å². The summed E-state index contributed by atoms with van der Waals surface area (Å²) in [7, 11) is -3.71. The second kappa shape index (κ2) is 10.9. The van der Waals surface area contributed by atoms with Gasteiger partial charge in [-0.05, 0) is 48.6 Å². The van der Waals surface area contributed by atoms with Crippen molar-refractivity contribution in [3.8, 4) is 11.1 Å². The Morgan fingerprint density at radius 1 is 0.939 bits per heavy atom. The molecule has 1 aromatic heterocycles. The molecule has 0 amide bonds. The molecule has 1 fully saturated rings. The quantitative estimate of drug-likeness (QED) is 0.443. The summed E-state index contributed by atoms with van der Waals surface area (Å²) in [5, 5.41) is 3.59. The minimum absolute atomic E-state index is 0.219. The van der Waals surface area contributed by atoms with E-state index < -0.39 is 10.0 Å². The van der Waals surface area contributed by atoms with E-state index in [2.05, 4.69) is 26.9 Å². The molecule has 6 nitrogen and oxygen atoms in total. The number of anilines is 1. The highest BCUT2D eigenvalue weighted by Gasteiger charge is 2.18. The maximum Gasteiger partial charge on any atom is 0.261 e. The molecule has 1 atom stereocenters. The average Bonchev–Trinajstić information content (AvgIpc) is 2.84. The zero-order chi connectivity index (χ0) is 23.1. The van der Waals surface area contributed by atoms with Crippen molar-refractivity contribution >= 4 is 15.7 Å². The summed E-state index contributed by atoms with van der Waals surface area (Å²) in [6, 6.07) is 14.7. The molecule has 1 aliphatic rings. The molecule has 0 unspecified atom stereocenters. The topological polar surface area (TPSA) is 84.0 Å². The number of nitrogens with one attached hydrogen (secondary N) is 2. The highest BCUT2D eigenvalue weighted by Crippen LogP contribution is 2.28. The normalized spacial score (nSPS) is 15.8. The smallest absolute Gasteiger partial charge is 0.261 e. The molecule has 0 bridgehead atoms. The molecule has 174 valence electrons. The van der Waals surface area contributed by atoms with E-state index in [9.17, 15) is 8.42 Å². The van der Waals surface area contributed by atoms with Crippen molar-refractivity contribution < 1.29 is 8.42 Å². The largest absolute Gasteiger partial charge is 0.310 e. The Labute approximate surface area is 196 Å². The van der Waals surface area contributed by atoms with Gasteiger partial charge in [-0.25, -0.2) is 18.4 Å². The number of para-hydroxylation sites is 1. The Hall–Kier alpha value is -2.77.